The largest absolute Gasteiger partial charge is 0.376 e. The first-order chi connectivity index (χ1) is 12.8. The van der Waals surface area contributed by atoms with E-state index in [1.807, 2.05) is 48.5 Å². The highest BCUT2D eigenvalue weighted by Gasteiger charge is 2.44. The van der Waals surface area contributed by atoms with Gasteiger partial charge >= 0.3 is 0 Å². The van der Waals surface area contributed by atoms with E-state index in [-0.39, 0.29) is 18.1 Å². The highest BCUT2D eigenvalue weighted by molar-refractivity contribution is 5.14. The van der Waals surface area contributed by atoms with Gasteiger partial charge in [0.25, 0.3) is 0 Å². The summed E-state index contributed by atoms with van der Waals surface area (Å²) in [5, 5.41) is 0. The van der Waals surface area contributed by atoms with Crippen LogP contribution in [0.2, 0.25) is 0 Å². The number of methoxy groups -OCH3 is 1. The summed E-state index contributed by atoms with van der Waals surface area (Å²) in [4.78, 5) is 0. The molecule has 26 heavy (non-hydrogen) atoms. The van der Waals surface area contributed by atoms with E-state index in [4.69, 9.17) is 18.9 Å². The Morgan fingerprint density at radius 1 is 0.962 bits per heavy atom. The van der Waals surface area contributed by atoms with Crippen molar-refractivity contribution in [3.05, 3.63) is 84.4 Å². The highest BCUT2D eigenvalue weighted by Crippen LogP contribution is 2.32. The second kappa shape index (κ2) is 9.64. The molecule has 0 radical (unpaired) electrons. The Morgan fingerprint density at radius 3 is 2.15 bits per heavy atom. The van der Waals surface area contributed by atoms with Gasteiger partial charge in [0.15, 0.2) is 6.29 Å². The topological polar surface area (TPSA) is 36.9 Å². The molecule has 1 heterocycles. The molecule has 0 aliphatic carbocycles. The van der Waals surface area contributed by atoms with Crippen LogP contribution in [0.15, 0.2) is 73.3 Å². The van der Waals surface area contributed by atoms with Crippen molar-refractivity contribution in [3.8, 4) is 0 Å². The monoisotopic (exact) mass is 354 g/mol. The van der Waals surface area contributed by atoms with Crippen LogP contribution in [0.3, 0.4) is 0 Å². The second-order valence-corrected chi connectivity index (χ2v) is 6.37. The Labute approximate surface area is 155 Å². The first kappa shape index (κ1) is 18.8. The van der Waals surface area contributed by atoms with Crippen molar-refractivity contribution in [1.82, 2.24) is 0 Å². The van der Waals surface area contributed by atoms with Crippen LogP contribution in [-0.4, -0.2) is 32.2 Å². The zero-order valence-corrected chi connectivity index (χ0v) is 15.1. The van der Waals surface area contributed by atoms with Crippen LogP contribution in [0.25, 0.3) is 0 Å². The lowest BCUT2D eigenvalue weighted by atomic mass is 9.99. The van der Waals surface area contributed by atoms with Crippen LogP contribution < -0.4 is 0 Å². The van der Waals surface area contributed by atoms with Gasteiger partial charge in [-0.25, -0.2) is 0 Å². The Balaban J connectivity index is 1.61. The maximum atomic E-state index is 6.16. The second-order valence-electron chi connectivity index (χ2n) is 6.37. The molecular formula is C22H26O4. The van der Waals surface area contributed by atoms with E-state index in [1.165, 1.54) is 0 Å². The lowest BCUT2D eigenvalue weighted by Gasteiger charge is -2.23. The molecule has 0 N–H and O–H groups in total. The van der Waals surface area contributed by atoms with Gasteiger partial charge in [0.05, 0.1) is 25.9 Å². The van der Waals surface area contributed by atoms with Crippen molar-refractivity contribution in [2.45, 2.75) is 31.7 Å². The van der Waals surface area contributed by atoms with Crippen molar-refractivity contribution in [2.75, 3.05) is 13.7 Å². The van der Waals surface area contributed by atoms with Crippen LogP contribution in [0.1, 0.15) is 11.1 Å². The maximum absolute atomic E-state index is 6.16. The van der Waals surface area contributed by atoms with E-state index >= 15 is 0 Å². The van der Waals surface area contributed by atoms with Crippen molar-refractivity contribution in [3.63, 3.8) is 0 Å². The summed E-state index contributed by atoms with van der Waals surface area (Å²) < 4.78 is 23.5. The maximum Gasteiger partial charge on any atom is 0.184 e. The summed E-state index contributed by atoms with van der Waals surface area (Å²) in [6, 6.07) is 20.2. The lowest BCUT2D eigenvalue weighted by Crippen LogP contribution is -2.34. The van der Waals surface area contributed by atoms with Gasteiger partial charge in [-0.05, 0) is 11.1 Å². The van der Waals surface area contributed by atoms with Gasteiger partial charge < -0.3 is 18.9 Å². The Bertz CT molecular complexity index is 658. The van der Waals surface area contributed by atoms with Gasteiger partial charge in [0, 0.05) is 13.0 Å². The predicted molar refractivity (Wildman–Crippen MR) is 100 cm³/mol. The highest BCUT2D eigenvalue weighted by atomic mass is 16.7. The van der Waals surface area contributed by atoms with Crippen LogP contribution in [0, 0.1) is 5.92 Å². The quantitative estimate of drug-likeness (QED) is 0.639. The van der Waals surface area contributed by atoms with Crippen LogP contribution in [0.5, 0.6) is 0 Å². The summed E-state index contributed by atoms with van der Waals surface area (Å²) in [5.41, 5.74) is 2.26. The van der Waals surface area contributed by atoms with Gasteiger partial charge in [-0.3, -0.25) is 0 Å². The smallest absolute Gasteiger partial charge is 0.184 e. The molecule has 2 aromatic carbocycles. The van der Waals surface area contributed by atoms with Crippen molar-refractivity contribution < 1.29 is 18.9 Å². The number of hydrogen-bond donors (Lipinski definition) is 0. The summed E-state index contributed by atoms with van der Waals surface area (Å²) >= 11 is 0. The van der Waals surface area contributed by atoms with Crippen LogP contribution in [-0.2, 0) is 32.2 Å². The van der Waals surface area contributed by atoms with Gasteiger partial charge in [0.1, 0.15) is 6.10 Å². The molecule has 4 atom stereocenters. The number of rotatable bonds is 9. The Hall–Kier alpha value is -1.98. The normalized spacial score (nSPS) is 25.3. The molecule has 2 aromatic rings. The minimum absolute atomic E-state index is 0.0323. The molecule has 0 saturated carbocycles. The van der Waals surface area contributed by atoms with E-state index in [1.54, 1.807) is 13.2 Å². The zero-order valence-electron chi connectivity index (χ0n) is 15.1. The molecular weight excluding hydrogens is 328 g/mol. The van der Waals surface area contributed by atoms with E-state index in [0.717, 1.165) is 11.1 Å². The molecule has 0 amide bonds. The van der Waals surface area contributed by atoms with Gasteiger partial charge in [-0.1, -0.05) is 66.7 Å². The SMILES string of the molecule is C=C[C@H]1O[C@@H](OC)[C@H](OCc2ccccc2)[C@@H]1COCc1ccccc1. The van der Waals surface area contributed by atoms with Crippen molar-refractivity contribution in [2.24, 2.45) is 5.92 Å². The lowest BCUT2D eigenvalue weighted by molar-refractivity contribution is -0.160. The molecule has 0 bridgehead atoms. The third-order valence-electron chi connectivity index (χ3n) is 4.58. The minimum atomic E-state index is -0.424. The van der Waals surface area contributed by atoms with E-state index in [9.17, 15) is 0 Å². The summed E-state index contributed by atoms with van der Waals surface area (Å²) in [6.07, 6.45) is 1.01. The van der Waals surface area contributed by atoms with Crippen molar-refractivity contribution >= 4 is 0 Å². The molecule has 1 fully saturated rings. The predicted octanol–water partition coefficient (Wildman–Crippen LogP) is 3.96. The molecule has 0 spiro atoms. The standard InChI is InChI=1S/C22H26O4/c1-3-20-19(16-24-14-17-10-6-4-7-11-17)21(22(23-2)26-20)25-15-18-12-8-5-9-13-18/h3-13,19-22H,1,14-16H2,2H3/t19-,20-,21-,22-/m1/s1. The van der Waals surface area contributed by atoms with Gasteiger partial charge in [-0.2, -0.15) is 0 Å². The molecule has 4 nitrogen and oxygen atoms in total. The first-order valence-electron chi connectivity index (χ1n) is 8.90. The molecule has 1 aliphatic heterocycles. The summed E-state index contributed by atoms with van der Waals surface area (Å²) in [7, 11) is 1.64. The average Bonchev–Trinajstić information content (AvgIpc) is 3.05. The minimum Gasteiger partial charge on any atom is -0.376 e. The molecule has 0 unspecified atom stereocenters. The molecule has 138 valence electrons. The fraction of sp³-hybridized carbons (Fsp3) is 0.364. The average molecular weight is 354 g/mol. The Morgan fingerprint density at radius 2 is 1.58 bits per heavy atom. The molecule has 1 aliphatic rings. The van der Waals surface area contributed by atoms with E-state index in [2.05, 4.69) is 18.7 Å². The molecule has 0 aromatic heterocycles. The first-order valence-corrected chi connectivity index (χ1v) is 8.90. The van der Waals surface area contributed by atoms with Crippen LogP contribution >= 0.6 is 0 Å². The third kappa shape index (κ3) is 4.80. The third-order valence-corrected chi connectivity index (χ3v) is 4.58. The molecule has 1 saturated heterocycles. The van der Waals surface area contributed by atoms with Crippen molar-refractivity contribution in [1.29, 1.82) is 0 Å². The van der Waals surface area contributed by atoms with E-state index in [0.29, 0.717) is 19.8 Å². The zero-order chi connectivity index (χ0) is 18.2. The van der Waals surface area contributed by atoms with Gasteiger partial charge in [0.2, 0.25) is 0 Å². The van der Waals surface area contributed by atoms with Crippen LogP contribution in [0.4, 0.5) is 0 Å². The fourth-order valence-electron chi connectivity index (χ4n) is 3.19. The Kier molecular flexibility index (Phi) is 6.97. The number of hydrogen-bond acceptors (Lipinski definition) is 4. The van der Waals surface area contributed by atoms with Gasteiger partial charge in [-0.15, -0.1) is 6.58 Å². The summed E-state index contributed by atoms with van der Waals surface area (Å²) in [6.45, 7) is 5.48. The number of benzene rings is 2. The van der Waals surface area contributed by atoms with E-state index < -0.39 is 6.29 Å². The number of ether oxygens (including phenoxy) is 4. The molecule has 3 rings (SSSR count). The molecule has 4 heteroatoms. The fourth-order valence-corrected chi connectivity index (χ4v) is 3.19. The summed E-state index contributed by atoms with van der Waals surface area (Å²) in [5.74, 6) is 0.0323.